The van der Waals surface area contributed by atoms with Crippen LogP contribution in [0, 0.1) is 5.92 Å². The van der Waals surface area contributed by atoms with Crippen LogP contribution in [0.1, 0.15) is 78.6 Å². The van der Waals surface area contributed by atoms with E-state index in [0.717, 1.165) is 57.2 Å². The molecule has 1 saturated carbocycles. The molecular weight excluding hydrogens is 344 g/mol. The molecule has 3 aliphatic rings. The average Bonchev–Trinajstić information content (AvgIpc) is 3.13. The number of piperidine rings is 1. The third kappa shape index (κ3) is 3.83. The molecule has 0 atom stereocenters. The average molecular weight is 375 g/mol. The van der Waals surface area contributed by atoms with Crippen LogP contribution in [-0.2, 0) is 17.6 Å². The Morgan fingerprint density at radius 3 is 2.46 bits per heavy atom. The predicted molar refractivity (Wildman–Crippen MR) is 105 cm³/mol. The SMILES string of the molecule is O=C(NC1CCN(C(=O)c2csc3c2CCCC3)CC1)C1CCCCC1. The zero-order valence-corrected chi connectivity index (χ0v) is 16.4. The number of hydrogen-bond acceptors (Lipinski definition) is 3. The van der Waals surface area contributed by atoms with E-state index in [9.17, 15) is 9.59 Å². The summed E-state index contributed by atoms with van der Waals surface area (Å²) < 4.78 is 0. The van der Waals surface area contributed by atoms with Gasteiger partial charge in [-0.2, -0.15) is 0 Å². The predicted octanol–water partition coefficient (Wildman–Crippen LogP) is 3.93. The summed E-state index contributed by atoms with van der Waals surface area (Å²) in [6.45, 7) is 1.53. The molecule has 1 aromatic heterocycles. The van der Waals surface area contributed by atoms with Crippen LogP contribution in [0.25, 0.3) is 0 Å². The zero-order valence-electron chi connectivity index (χ0n) is 15.6. The van der Waals surface area contributed by atoms with Gasteiger partial charge in [0.15, 0.2) is 0 Å². The van der Waals surface area contributed by atoms with Gasteiger partial charge in [0.05, 0.1) is 5.56 Å². The van der Waals surface area contributed by atoms with Crippen molar-refractivity contribution in [3.8, 4) is 0 Å². The van der Waals surface area contributed by atoms with Gasteiger partial charge in [-0.05, 0) is 56.9 Å². The molecule has 0 spiro atoms. The number of rotatable bonds is 3. The summed E-state index contributed by atoms with van der Waals surface area (Å²) in [7, 11) is 0. The van der Waals surface area contributed by atoms with Gasteiger partial charge >= 0.3 is 0 Å². The molecule has 2 amide bonds. The number of likely N-dealkylation sites (tertiary alicyclic amines) is 1. The first-order valence-electron chi connectivity index (χ1n) is 10.4. The molecule has 4 nitrogen and oxygen atoms in total. The number of thiophene rings is 1. The quantitative estimate of drug-likeness (QED) is 0.871. The van der Waals surface area contributed by atoms with Gasteiger partial charge < -0.3 is 10.2 Å². The van der Waals surface area contributed by atoms with Crippen LogP contribution in [0.4, 0.5) is 0 Å². The van der Waals surface area contributed by atoms with Crippen molar-refractivity contribution in [1.29, 1.82) is 0 Å². The molecule has 0 bridgehead atoms. The van der Waals surface area contributed by atoms with Crippen molar-refractivity contribution < 1.29 is 9.59 Å². The van der Waals surface area contributed by atoms with E-state index in [4.69, 9.17) is 0 Å². The van der Waals surface area contributed by atoms with Crippen LogP contribution in [-0.4, -0.2) is 35.8 Å². The lowest BCUT2D eigenvalue weighted by atomic mass is 9.88. The highest BCUT2D eigenvalue weighted by atomic mass is 32.1. The first-order chi connectivity index (χ1) is 12.7. The second-order valence-electron chi connectivity index (χ2n) is 8.17. The second kappa shape index (κ2) is 8.12. The minimum absolute atomic E-state index is 0.210. The molecule has 2 aliphatic carbocycles. The Hall–Kier alpha value is -1.36. The van der Waals surface area contributed by atoms with Crippen LogP contribution in [0.3, 0.4) is 0 Å². The number of carbonyl (C=O) groups is 2. The van der Waals surface area contributed by atoms with Crippen molar-refractivity contribution in [2.75, 3.05) is 13.1 Å². The molecule has 4 rings (SSSR count). The second-order valence-corrected chi connectivity index (χ2v) is 9.13. The summed E-state index contributed by atoms with van der Waals surface area (Å²) >= 11 is 1.76. The fraction of sp³-hybridized carbons (Fsp3) is 0.714. The van der Waals surface area contributed by atoms with Crippen molar-refractivity contribution in [2.24, 2.45) is 5.92 Å². The lowest BCUT2D eigenvalue weighted by molar-refractivity contribution is -0.126. The highest BCUT2D eigenvalue weighted by Gasteiger charge is 2.29. The molecule has 2 heterocycles. The van der Waals surface area contributed by atoms with Crippen LogP contribution < -0.4 is 5.32 Å². The van der Waals surface area contributed by atoms with Gasteiger partial charge in [-0.3, -0.25) is 9.59 Å². The molecule has 0 aromatic carbocycles. The Balaban J connectivity index is 1.30. The molecule has 2 fully saturated rings. The first kappa shape index (κ1) is 18.0. The summed E-state index contributed by atoms with van der Waals surface area (Å²) in [6, 6.07) is 0.241. The molecular formula is C21H30N2O2S. The van der Waals surface area contributed by atoms with Crippen molar-refractivity contribution in [3.63, 3.8) is 0 Å². The van der Waals surface area contributed by atoms with E-state index in [0.29, 0.717) is 0 Å². The van der Waals surface area contributed by atoms with Gasteiger partial charge in [-0.1, -0.05) is 19.3 Å². The van der Waals surface area contributed by atoms with E-state index in [1.165, 1.54) is 42.5 Å². The normalized spacial score (nSPS) is 22.1. The zero-order chi connectivity index (χ0) is 17.9. The first-order valence-corrected chi connectivity index (χ1v) is 11.3. The standard InChI is InChI=1S/C21H30N2O2S/c24-20(15-6-2-1-3-7-15)22-16-10-12-23(13-11-16)21(25)18-14-26-19-9-5-4-8-17(18)19/h14-16H,1-13H2,(H,22,24). The van der Waals surface area contributed by atoms with Crippen molar-refractivity contribution in [1.82, 2.24) is 10.2 Å². The summed E-state index contributed by atoms with van der Waals surface area (Å²) in [5.41, 5.74) is 2.27. The summed E-state index contributed by atoms with van der Waals surface area (Å²) in [5.74, 6) is 0.684. The summed E-state index contributed by atoms with van der Waals surface area (Å²) in [6.07, 6.45) is 12.2. The number of carbonyl (C=O) groups excluding carboxylic acids is 2. The molecule has 1 N–H and O–H groups in total. The fourth-order valence-electron chi connectivity index (χ4n) is 4.75. The van der Waals surface area contributed by atoms with Crippen molar-refractivity contribution in [3.05, 3.63) is 21.4 Å². The van der Waals surface area contributed by atoms with E-state index in [2.05, 4.69) is 10.7 Å². The van der Waals surface area contributed by atoms with Crippen molar-refractivity contribution >= 4 is 23.2 Å². The highest BCUT2D eigenvalue weighted by molar-refractivity contribution is 7.10. The highest BCUT2D eigenvalue weighted by Crippen LogP contribution is 2.31. The van der Waals surface area contributed by atoms with Gasteiger partial charge in [0.2, 0.25) is 5.91 Å². The minimum atomic E-state index is 0.210. The van der Waals surface area contributed by atoms with E-state index < -0.39 is 0 Å². The van der Waals surface area contributed by atoms with Crippen LogP contribution in [0.2, 0.25) is 0 Å². The Morgan fingerprint density at radius 2 is 1.69 bits per heavy atom. The summed E-state index contributed by atoms with van der Waals surface area (Å²) in [5, 5.41) is 5.34. The lowest BCUT2D eigenvalue weighted by Gasteiger charge is -2.33. The molecule has 26 heavy (non-hydrogen) atoms. The van der Waals surface area contributed by atoms with E-state index in [-0.39, 0.29) is 23.8 Å². The topological polar surface area (TPSA) is 49.4 Å². The van der Waals surface area contributed by atoms with Crippen LogP contribution in [0.5, 0.6) is 0 Å². The smallest absolute Gasteiger partial charge is 0.254 e. The minimum Gasteiger partial charge on any atom is -0.353 e. The molecule has 0 unspecified atom stereocenters. The summed E-state index contributed by atoms with van der Waals surface area (Å²) in [4.78, 5) is 28.8. The third-order valence-corrected chi connectivity index (χ3v) is 7.48. The Morgan fingerprint density at radius 1 is 0.962 bits per heavy atom. The maximum atomic E-state index is 13.0. The number of amides is 2. The van der Waals surface area contributed by atoms with Gasteiger partial charge in [-0.15, -0.1) is 11.3 Å². The Bertz CT molecular complexity index is 655. The number of nitrogens with zero attached hydrogens (tertiary/aromatic N) is 1. The Kier molecular flexibility index (Phi) is 5.63. The molecule has 1 aliphatic heterocycles. The Labute approximate surface area is 160 Å². The lowest BCUT2D eigenvalue weighted by Crippen LogP contribution is -2.48. The third-order valence-electron chi connectivity index (χ3n) is 6.40. The van der Waals surface area contributed by atoms with Gasteiger partial charge in [0.25, 0.3) is 5.91 Å². The number of hydrogen-bond donors (Lipinski definition) is 1. The monoisotopic (exact) mass is 374 g/mol. The fourth-order valence-corrected chi connectivity index (χ4v) is 5.87. The van der Waals surface area contributed by atoms with E-state index in [1.54, 1.807) is 11.3 Å². The molecule has 1 saturated heterocycles. The van der Waals surface area contributed by atoms with Gasteiger partial charge in [-0.25, -0.2) is 0 Å². The van der Waals surface area contributed by atoms with Crippen LogP contribution in [0.15, 0.2) is 5.38 Å². The molecule has 0 radical (unpaired) electrons. The maximum Gasteiger partial charge on any atom is 0.254 e. The number of fused-ring (bicyclic) bond motifs is 1. The van der Waals surface area contributed by atoms with Gasteiger partial charge in [0, 0.05) is 35.3 Å². The molecule has 1 aromatic rings. The number of aryl methyl sites for hydroxylation is 1. The van der Waals surface area contributed by atoms with Crippen molar-refractivity contribution in [2.45, 2.75) is 76.7 Å². The number of nitrogens with one attached hydrogen (secondary N) is 1. The molecule has 5 heteroatoms. The largest absolute Gasteiger partial charge is 0.353 e. The maximum absolute atomic E-state index is 13.0. The van der Waals surface area contributed by atoms with E-state index in [1.807, 2.05) is 4.90 Å². The van der Waals surface area contributed by atoms with E-state index >= 15 is 0 Å². The molecule has 142 valence electrons. The van der Waals surface area contributed by atoms with Gasteiger partial charge in [0.1, 0.15) is 0 Å². The van der Waals surface area contributed by atoms with Crippen LogP contribution >= 0.6 is 11.3 Å².